The Morgan fingerprint density at radius 3 is 2.75 bits per heavy atom. The molecule has 0 fully saturated rings. The van der Waals surface area contributed by atoms with Gasteiger partial charge in [0, 0.05) is 11.4 Å². The van der Waals surface area contributed by atoms with Crippen LogP contribution in [0, 0.1) is 5.92 Å². The Morgan fingerprint density at radius 1 is 1.50 bits per heavy atom. The molecule has 3 heteroatoms. The van der Waals surface area contributed by atoms with E-state index in [1.165, 1.54) is 18.0 Å². The number of nitrogens with zero attached hydrogens (tertiary/aromatic N) is 1. The summed E-state index contributed by atoms with van der Waals surface area (Å²) in [5.41, 5.74) is 6.97. The van der Waals surface area contributed by atoms with Crippen LogP contribution >= 0.6 is 11.5 Å². The molecule has 1 unspecified atom stereocenters. The summed E-state index contributed by atoms with van der Waals surface area (Å²) in [7, 11) is 0. The summed E-state index contributed by atoms with van der Waals surface area (Å²) in [6, 6.07) is 2.15. The lowest BCUT2D eigenvalue weighted by Crippen LogP contribution is -2.11. The van der Waals surface area contributed by atoms with E-state index >= 15 is 0 Å². The summed E-state index contributed by atoms with van der Waals surface area (Å²) in [5, 5.41) is 1.98. The van der Waals surface area contributed by atoms with Gasteiger partial charge in [-0.1, -0.05) is 13.8 Å². The highest BCUT2D eigenvalue weighted by Crippen LogP contribution is 2.17. The van der Waals surface area contributed by atoms with Crippen molar-refractivity contribution in [2.45, 2.75) is 32.7 Å². The van der Waals surface area contributed by atoms with Gasteiger partial charge in [0.05, 0.1) is 5.69 Å². The molecule has 0 bridgehead atoms. The van der Waals surface area contributed by atoms with E-state index in [-0.39, 0.29) is 6.04 Å². The van der Waals surface area contributed by atoms with Crippen LogP contribution in [0.3, 0.4) is 0 Å². The maximum atomic E-state index is 5.93. The van der Waals surface area contributed by atoms with E-state index in [9.17, 15) is 0 Å². The first kappa shape index (κ1) is 9.68. The SMILES string of the molecule is CC(C)CCC(N)c1ccsn1. The summed E-state index contributed by atoms with van der Waals surface area (Å²) >= 11 is 1.47. The second-order valence-electron chi connectivity index (χ2n) is 3.50. The van der Waals surface area contributed by atoms with Crippen molar-refractivity contribution < 1.29 is 0 Å². The standard InChI is InChI=1S/C9H16N2S/c1-7(2)3-4-8(10)9-5-6-12-11-9/h5-8H,3-4,10H2,1-2H3. The molecule has 1 heterocycles. The Bertz CT molecular complexity index is 206. The molecule has 0 aliphatic rings. The van der Waals surface area contributed by atoms with Gasteiger partial charge in [-0.15, -0.1) is 0 Å². The van der Waals surface area contributed by atoms with E-state index in [0.717, 1.165) is 18.0 Å². The first-order valence-electron chi connectivity index (χ1n) is 4.36. The molecule has 1 rings (SSSR count). The fourth-order valence-electron chi connectivity index (χ4n) is 1.07. The molecule has 0 aliphatic carbocycles. The van der Waals surface area contributed by atoms with Crippen LogP contribution in [0.1, 0.15) is 38.4 Å². The smallest absolute Gasteiger partial charge is 0.0709 e. The minimum absolute atomic E-state index is 0.138. The van der Waals surface area contributed by atoms with Crippen LogP contribution in [0.4, 0.5) is 0 Å². The van der Waals surface area contributed by atoms with Gasteiger partial charge in [0.25, 0.3) is 0 Å². The van der Waals surface area contributed by atoms with Crippen LogP contribution < -0.4 is 5.73 Å². The van der Waals surface area contributed by atoms with Crippen molar-refractivity contribution in [2.24, 2.45) is 11.7 Å². The third-order valence-corrected chi connectivity index (χ3v) is 2.47. The lowest BCUT2D eigenvalue weighted by atomic mass is 10.0. The third-order valence-electron chi connectivity index (χ3n) is 1.89. The van der Waals surface area contributed by atoms with E-state index in [1.807, 2.05) is 11.4 Å². The minimum atomic E-state index is 0.138. The highest BCUT2D eigenvalue weighted by molar-refractivity contribution is 7.03. The van der Waals surface area contributed by atoms with Crippen LogP contribution in [-0.4, -0.2) is 4.37 Å². The van der Waals surface area contributed by atoms with Gasteiger partial charge < -0.3 is 5.73 Å². The molecule has 0 amide bonds. The molecule has 1 aromatic heterocycles. The third kappa shape index (κ3) is 2.91. The molecule has 2 N–H and O–H groups in total. The van der Waals surface area contributed by atoms with Gasteiger partial charge in [0.1, 0.15) is 0 Å². The van der Waals surface area contributed by atoms with Crippen LogP contribution in [-0.2, 0) is 0 Å². The monoisotopic (exact) mass is 184 g/mol. The largest absolute Gasteiger partial charge is 0.323 e. The van der Waals surface area contributed by atoms with Gasteiger partial charge in [-0.3, -0.25) is 0 Å². The number of aromatic nitrogens is 1. The van der Waals surface area contributed by atoms with Crippen molar-refractivity contribution in [3.63, 3.8) is 0 Å². The van der Waals surface area contributed by atoms with E-state index in [0.29, 0.717) is 0 Å². The molecular formula is C9H16N2S. The molecule has 0 spiro atoms. The molecule has 0 saturated carbocycles. The molecular weight excluding hydrogens is 168 g/mol. The molecule has 12 heavy (non-hydrogen) atoms. The lowest BCUT2D eigenvalue weighted by Gasteiger charge is -2.09. The first-order valence-corrected chi connectivity index (χ1v) is 5.19. The zero-order chi connectivity index (χ0) is 8.97. The molecule has 0 saturated heterocycles. The fourth-order valence-corrected chi connectivity index (χ4v) is 1.65. The van der Waals surface area contributed by atoms with Crippen molar-refractivity contribution in [2.75, 3.05) is 0 Å². The minimum Gasteiger partial charge on any atom is -0.323 e. The highest BCUT2D eigenvalue weighted by Gasteiger charge is 2.08. The number of rotatable bonds is 4. The zero-order valence-electron chi connectivity index (χ0n) is 7.66. The topological polar surface area (TPSA) is 38.9 Å². The molecule has 1 atom stereocenters. The van der Waals surface area contributed by atoms with E-state index in [2.05, 4.69) is 18.2 Å². The number of nitrogens with two attached hydrogens (primary N) is 1. The molecule has 0 radical (unpaired) electrons. The fraction of sp³-hybridized carbons (Fsp3) is 0.667. The number of hydrogen-bond donors (Lipinski definition) is 1. The Morgan fingerprint density at radius 2 is 2.25 bits per heavy atom. The van der Waals surface area contributed by atoms with Crippen molar-refractivity contribution >= 4 is 11.5 Å². The van der Waals surface area contributed by atoms with E-state index in [4.69, 9.17) is 5.73 Å². The summed E-state index contributed by atoms with van der Waals surface area (Å²) in [6.45, 7) is 4.43. The van der Waals surface area contributed by atoms with Gasteiger partial charge in [0.2, 0.25) is 0 Å². The summed E-state index contributed by atoms with van der Waals surface area (Å²) in [5.74, 6) is 0.731. The second-order valence-corrected chi connectivity index (χ2v) is 4.17. The van der Waals surface area contributed by atoms with Crippen LogP contribution in [0.15, 0.2) is 11.4 Å². The second kappa shape index (κ2) is 4.58. The maximum Gasteiger partial charge on any atom is 0.0709 e. The molecule has 2 nitrogen and oxygen atoms in total. The van der Waals surface area contributed by atoms with Crippen molar-refractivity contribution in [1.29, 1.82) is 0 Å². The van der Waals surface area contributed by atoms with E-state index < -0.39 is 0 Å². The first-order chi connectivity index (χ1) is 5.70. The summed E-state index contributed by atoms with van der Waals surface area (Å²) in [4.78, 5) is 0. The van der Waals surface area contributed by atoms with E-state index in [1.54, 1.807) is 0 Å². The van der Waals surface area contributed by atoms with Crippen molar-refractivity contribution in [3.8, 4) is 0 Å². The van der Waals surface area contributed by atoms with Gasteiger partial charge in [-0.05, 0) is 36.4 Å². The van der Waals surface area contributed by atoms with Gasteiger partial charge in [-0.2, -0.15) is 4.37 Å². The molecule has 0 aromatic carbocycles. The summed E-state index contributed by atoms with van der Waals surface area (Å²) in [6.07, 6.45) is 2.22. The van der Waals surface area contributed by atoms with Crippen LogP contribution in [0.2, 0.25) is 0 Å². The Kier molecular flexibility index (Phi) is 3.69. The Balaban J connectivity index is 2.34. The average Bonchev–Trinajstić information content (AvgIpc) is 2.51. The number of hydrogen-bond acceptors (Lipinski definition) is 3. The highest BCUT2D eigenvalue weighted by atomic mass is 32.1. The molecule has 1 aromatic rings. The molecule has 68 valence electrons. The average molecular weight is 184 g/mol. The van der Waals surface area contributed by atoms with Crippen LogP contribution in [0.25, 0.3) is 0 Å². The lowest BCUT2D eigenvalue weighted by molar-refractivity contribution is 0.503. The predicted molar refractivity (Wildman–Crippen MR) is 53.1 cm³/mol. The maximum absolute atomic E-state index is 5.93. The van der Waals surface area contributed by atoms with Gasteiger partial charge >= 0.3 is 0 Å². The Hall–Kier alpha value is -0.410. The zero-order valence-corrected chi connectivity index (χ0v) is 8.47. The van der Waals surface area contributed by atoms with Crippen molar-refractivity contribution in [1.82, 2.24) is 4.37 Å². The van der Waals surface area contributed by atoms with Gasteiger partial charge in [-0.25, -0.2) is 0 Å². The molecule has 0 aliphatic heterocycles. The quantitative estimate of drug-likeness (QED) is 0.781. The predicted octanol–water partition coefficient (Wildman–Crippen LogP) is 2.58. The van der Waals surface area contributed by atoms with Crippen LogP contribution in [0.5, 0.6) is 0 Å². The van der Waals surface area contributed by atoms with Gasteiger partial charge in [0.15, 0.2) is 0 Å². The normalized spacial score (nSPS) is 13.7. The van der Waals surface area contributed by atoms with Crippen molar-refractivity contribution in [3.05, 3.63) is 17.1 Å². The summed E-state index contributed by atoms with van der Waals surface area (Å²) < 4.78 is 4.21. The Labute approximate surface area is 78.0 Å².